The fourth-order valence-corrected chi connectivity index (χ4v) is 5.04. The van der Waals surface area contributed by atoms with Crippen LogP contribution in [0.2, 0.25) is 0 Å². The molecule has 1 atom stereocenters. The lowest BCUT2D eigenvalue weighted by atomic mass is 9.78. The van der Waals surface area contributed by atoms with Crippen molar-refractivity contribution in [3.05, 3.63) is 59.7 Å². The molecule has 3 N–H and O–H groups in total. The molecule has 34 heavy (non-hydrogen) atoms. The van der Waals surface area contributed by atoms with E-state index >= 15 is 0 Å². The number of rotatable bonds is 10. The summed E-state index contributed by atoms with van der Waals surface area (Å²) in [5.74, 6) is -0.493. The first-order valence-corrected chi connectivity index (χ1v) is 12.0. The zero-order chi connectivity index (χ0) is 24.1. The molecule has 2 aliphatic carbocycles. The number of aliphatic carboxylic acids is 1. The van der Waals surface area contributed by atoms with Gasteiger partial charge in [-0.05, 0) is 53.4 Å². The Morgan fingerprint density at radius 3 is 2.26 bits per heavy atom. The van der Waals surface area contributed by atoms with Crippen LogP contribution < -0.4 is 10.6 Å². The second-order valence-electron chi connectivity index (χ2n) is 9.55. The van der Waals surface area contributed by atoms with Gasteiger partial charge in [0, 0.05) is 31.3 Å². The summed E-state index contributed by atoms with van der Waals surface area (Å²) in [6.07, 6.45) is 2.24. The molecule has 180 valence electrons. The van der Waals surface area contributed by atoms with Crippen molar-refractivity contribution >= 4 is 18.0 Å². The first-order chi connectivity index (χ1) is 16.4. The van der Waals surface area contributed by atoms with E-state index in [0.29, 0.717) is 19.4 Å². The van der Waals surface area contributed by atoms with E-state index in [1.54, 1.807) is 0 Å². The minimum atomic E-state index is -0.785. The van der Waals surface area contributed by atoms with E-state index in [1.165, 1.54) is 22.3 Å². The highest BCUT2D eigenvalue weighted by atomic mass is 16.5. The maximum Gasteiger partial charge on any atom is 0.407 e. The lowest BCUT2D eigenvalue weighted by Crippen LogP contribution is -2.45. The molecule has 0 saturated heterocycles. The summed E-state index contributed by atoms with van der Waals surface area (Å²) >= 11 is 0. The third kappa shape index (κ3) is 5.76. The fraction of sp³-hybridized carbons (Fsp3) is 0.444. The standard InChI is InChI=1S/C27H32N2O5/c1-17(12-25(30)29-19-13-18(14-19)15-26(31)32)10-11-28-27(33)34-16-24-22-8-4-2-6-20(22)21-7-3-5-9-23(21)24/h2-9,17-19,24H,10-16H2,1H3,(H,28,33)(H,29,30)(H,31,32). The van der Waals surface area contributed by atoms with Crippen LogP contribution in [-0.2, 0) is 14.3 Å². The number of hydrogen-bond donors (Lipinski definition) is 3. The predicted molar refractivity (Wildman–Crippen MR) is 128 cm³/mol. The summed E-state index contributed by atoms with van der Waals surface area (Å²) < 4.78 is 5.54. The molecule has 0 heterocycles. The number of amides is 2. The van der Waals surface area contributed by atoms with Crippen LogP contribution in [0.25, 0.3) is 11.1 Å². The summed E-state index contributed by atoms with van der Waals surface area (Å²) in [5, 5.41) is 14.6. The largest absolute Gasteiger partial charge is 0.481 e. The Balaban J connectivity index is 1.14. The van der Waals surface area contributed by atoms with Gasteiger partial charge >= 0.3 is 12.1 Å². The number of benzene rings is 2. The topological polar surface area (TPSA) is 105 Å². The lowest BCUT2D eigenvalue weighted by Gasteiger charge is -2.35. The van der Waals surface area contributed by atoms with Gasteiger partial charge in [-0.25, -0.2) is 4.79 Å². The molecule has 1 fully saturated rings. The van der Waals surface area contributed by atoms with Crippen molar-refractivity contribution in [2.75, 3.05) is 13.2 Å². The van der Waals surface area contributed by atoms with Crippen LogP contribution in [-0.4, -0.2) is 42.3 Å². The average Bonchev–Trinajstić information content (AvgIpc) is 3.09. The third-order valence-electron chi connectivity index (χ3n) is 6.85. The highest BCUT2D eigenvalue weighted by molar-refractivity contribution is 5.79. The molecule has 0 aliphatic heterocycles. The Kier molecular flexibility index (Phi) is 7.50. The van der Waals surface area contributed by atoms with Gasteiger partial charge in [-0.15, -0.1) is 0 Å². The van der Waals surface area contributed by atoms with Gasteiger partial charge in [0.1, 0.15) is 6.61 Å². The molecule has 0 bridgehead atoms. The molecule has 1 saturated carbocycles. The summed E-state index contributed by atoms with van der Waals surface area (Å²) in [7, 11) is 0. The Morgan fingerprint density at radius 2 is 1.65 bits per heavy atom. The summed E-state index contributed by atoms with van der Waals surface area (Å²) in [5.41, 5.74) is 4.74. The van der Waals surface area contributed by atoms with Crippen LogP contribution in [0.5, 0.6) is 0 Å². The molecule has 2 aromatic carbocycles. The second kappa shape index (κ2) is 10.7. The normalized spacial score (nSPS) is 19.3. The van der Waals surface area contributed by atoms with Crippen molar-refractivity contribution in [2.45, 2.75) is 51.0 Å². The molecule has 0 spiro atoms. The van der Waals surface area contributed by atoms with Gasteiger partial charge in [0.2, 0.25) is 5.91 Å². The number of hydrogen-bond acceptors (Lipinski definition) is 4. The lowest BCUT2D eigenvalue weighted by molar-refractivity contribution is -0.139. The van der Waals surface area contributed by atoms with Crippen molar-refractivity contribution in [3.63, 3.8) is 0 Å². The number of carboxylic acid groups (broad SMARTS) is 1. The van der Waals surface area contributed by atoms with E-state index in [0.717, 1.165) is 12.8 Å². The second-order valence-corrected chi connectivity index (χ2v) is 9.55. The maximum absolute atomic E-state index is 12.3. The summed E-state index contributed by atoms with van der Waals surface area (Å²) in [6, 6.07) is 16.5. The third-order valence-corrected chi connectivity index (χ3v) is 6.85. The average molecular weight is 465 g/mol. The van der Waals surface area contributed by atoms with Crippen LogP contribution in [0.4, 0.5) is 4.79 Å². The molecular weight excluding hydrogens is 432 g/mol. The van der Waals surface area contributed by atoms with Gasteiger partial charge in [0.15, 0.2) is 0 Å². The minimum absolute atomic E-state index is 0.0209. The highest BCUT2D eigenvalue weighted by Crippen LogP contribution is 2.44. The van der Waals surface area contributed by atoms with Crippen molar-refractivity contribution in [1.29, 1.82) is 0 Å². The number of carbonyl (C=O) groups is 3. The summed E-state index contributed by atoms with van der Waals surface area (Å²) in [6.45, 7) is 2.70. The Bertz CT molecular complexity index is 1000. The van der Waals surface area contributed by atoms with Gasteiger partial charge < -0.3 is 20.5 Å². The molecule has 2 aliphatic rings. The minimum Gasteiger partial charge on any atom is -0.481 e. The molecule has 2 amide bonds. The molecule has 0 radical (unpaired) electrons. The first-order valence-electron chi connectivity index (χ1n) is 12.0. The molecule has 7 heteroatoms. The van der Waals surface area contributed by atoms with Gasteiger partial charge in [0.25, 0.3) is 0 Å². The number of nitrogens with one attached hydrogen (secondary N) is 2. The molecule has 0 aromatic heterocycles. The van der Waals surface area contributed by atoms with E-state index in [9.17, 15) is 14.4 Å². The van der Waals surface area contributed by atoms with Gasteiger partial charge in [-0.1, -0.05) is 55.5 Å². The van der Waals surface area contributed by atoms with E-state index in [-0.39, 0.29) is 42.7 Å². The number of carboxylic acids is 1. The van der Waals surface area contributed by atoms with Gasteiger partial charge in [-0.3, -0.25) is 9.59 Å². The van der Waals surface area contributed by atoms with Crippen LogP contribution in [0.15, 0.2) is 48.5 Å². The van der Waals surface area contributed by atoms with E-state index < -0.39 is 12.1 Å². The van der Waals surface area contributed by atoms with E-state index in [1.807, 2.05) is 31.2 Å². The Hall–Kier alpha value is -3.35. The number of fused-ring (bicyclic) bond motifs is 3. The SMILES string of the molecule is CC(CCNC(=O)OCC1c2ccccc2-c2ccccc21)CC(=O)NC1CC(CC(=O)O)C1. The molecular formula is C27H32N2O5. The van der Waals surface area contributed by atoms with E-state index in [2.05, 4.69) is 34.9 Å². The number of alkyl carbamates (subject to hydrolysis) is 1. The van der Waals surface area contributed by atoms with Crippen molar-refractivity contribution in [2.24, 2.45) is 11.8 Å². The monoisotopic (exact) mass is 464 g/mol. The first kappa shape index (κ1) is 23.8. The van der Waals surface area contributed by atoms with Gasteiger partial charge in [-0.2, -0.15) is 0 Å². The van der Waals surface area contributed by atoms with Crippen molar-refractivity contribution < 1.29 is 24.2 Å². The maximum atomic E-state index is 12.3. The van der Waals surface area contributed by atoms with Crippen LogP contribution in [0.1, 0.15) is 56.1 Å². The molecule has 2 aromatic rings. The quantitative estimate of drug-likeness (QED) is 0.486. The smallest absolute Gasteiger partial charge is 0.407 e. The Morgan fingerprint density at radius 1 is 1.03 bits per heavy atom. The molecule has 4 rings (SSSR count). The molecule has 7 nitrogen and oxygen atoms in total. The Labute approximate surface area is 199 Å². The van der Waals surface area contributed by atoms with E-state index in [4.69, 9.17) is 9.84 Å². The predicted octanol–water partition coefficient (Wildman–Crippen LogP) is 4.31. The fourth-order valence-electron chi connectivity index (χ4n) is 5.04. The number of carbonyl (C=O) groups excluding carboxylic acids is 2. The highest BCUT2D eigenvalue weighted by Gasteiger charge is 2.32. The van der Waals surface area contributed by atoms with Crippen LogP contribution >= 0.6 is 0 Å². The molecule has 1 unspecified atom stereocenters. The van der Waals surface area contributed by atoms with Crippen molar-refractivity contribution in [3.8, 4) is 11.1 Å². The summed E-state index contributed by atoms with van der Waals surface area (Å²) in [4.78, 5) is 35.2. The zero-order valence-corrected chi connectivity index (χ0v) is 19.5. The zero-order valence-electron chi connectivity index (χ0n) is 19.5. The number of ether oxygens (including phenoxy) is 1. The van der Waals surface area contributed by atoms with Crippen molar-refractivity contribution in [1.82, 2.24) is 10.6 Å². The van der Waals surface area contributed by atoms with Crippen LogP contribution in [0, 0.1) is 11.8 Å². The van der Waals surface area contributed by atoms with Crippen LogP contribution in [0.3, 0.4) is 0 Å². The van der Waals surface area contributed by atoms with Gasteiger partial charge in [0.05, 0.1) is 0 Å².